The van der Waals surface area contributed by atoms with Crippen LogP contribution in [0.2, 0.25) is 0 Å². The smallest absolute Gasteiger partial charge is 0.244 e. The number of anilines is 1. The maximum absolute atomic E-state index is 12.1. The average Bonchev–Trinajstić information content (AvgIpc) is 2.93. The van der Waals surface area contributed by atoms with Gasteiger partial charge in [-0.1, -0.05) is 12.1 Å². The summed E-state index contributed by atoms with van der Waals surface area (Å²) in [7, 11) is 1.77. The number of carbonyl (C=O) groups is 1. The molecule has 2 rings (SSSR count). The van der Waals surface area contributed by atoms with Crippen LogP contribution in [0.15, 0.2) is 35.8 Å². The Labute approximate surface area is 116 Å². The first-order valence-electron chi connectivity index (χ1n) is 6.03. The van der Waals surface area contributed by atoms with Crippen LogP contribution in [0, 0.1) is 0 Å². The van der Waals surface area contributed by atoms with Crippen molar-refractivity contribution >= 4 is 22.9 Å². The number of carbonyl (C=O) groups excluding carboxylic acids is 1. The van der Waals surface area contributed by atoms with Gasteiger partial charge < -0.3 is 10.6 Å². The summed E-state index contributed by atoms with van der Waals surface area (Å²) in [6.07, 6.45) is 1.77. The van der Waals surface area contributed by atoms with Gasteiger partial charge in [-0.15, -0.1) is 11.3 Å². The summed E-state index contributed by atoms with van der Waals surface area (Å²) in [5.41, 5.74) is 1.19. The van der Waals surface area contributed by atoms with Gasteiger partial charge in [0, 0.05) is 22.8 Å². The van der Waals surface area contributed by atoms with Crippen molar-refractivity contribution in [2.75, 3.05) is 12.4 Å². The van der Waals surface area contributed by atoms with Gasteiger partial charge in [-0.05, 0) is 33.0 Å². The fraction of sp³-hybridized carbons (Fsp3) is 0.286. The summed E-state index contributed by atoms with van der Waals surface area (Å²) < 4.78 is 0. The average molecular weight is 275 g/mol. The van der Waals surface area contributed by atoms with E-state index in [-0.39, 0.29) is 5.91 Å². The lowest BCUT2D eigenvalue weighted by Gasteiger charge is -2.22. The van der Waals surface area contributed by atoms with Crippen LogP contribution in [0.1, 0.15) is 13.8 Å². The van der Waals surface area contributed by atoms with E-state index >= 15 is 0 Å². The molecule has 1 aromatic heterocycles. The Morgan fingerprint density at radius 1 is 1.37 bits per heavy atom. The number of nitrogens with zero attached hydrogens (tertiary/aromatic N) is 1. The molecule has 100 valence electrons. The van der Waals surface area contributed by atoms with Crippen molar-refractivity contribution in [3.8, 4) is 10.6 Å². The van der Waals surface area contributed by atoms with Gasteiger partial charge in [-0.3, -0.25) is 4.79 Å². The third kappa shape index (κ3) is 3.19. The van der Waals surface area contributed by atoms with Crippen LogP contribution < -0.4 is 10.6 Å². The topological polar surface area (TPSA) is 54.0 Å². The van der Waals surface area contributed by atoms with Crippen LogP contribution in [0.25, 0.3) is 10.6 Å². The van der Waals surface area contributed by atoms with Gasteiger partial charge in [0.15, 0.2) is 0 Å². The molecule has 0 fully saturated rings. The van der Waals surface area contributed by atoms with Crippen molar-refractivity contribution in [1.82, 2.24) is 10.3 Å². The molecule has 0 saturated heterocycles. The SMILES string of the molecule is CNC(C)(C)C(=O)Nc1cccc(-c2nccs2)c1. The number of hydrogen-bond donors (Lipinski definition) is 2. The van der Waals surface area contributed by atoms with Gasteiger partial charge in [0.2, 0.25) is 5.91 Å². The van der Waals surface area contributed by atoms with Crippen molar-refractivity contribution in [2.45, 2.75) is 19.4 Å². The summed E-state index contributed by atoms with van der Waals surface area (Å²) in [6.45, 7) is 3.68. The molecule has 1 heterocycles. The van der Waals surface area contributed by atoms with Crippen LogP contribution in [0.4, 0.5) is 5.69 Å². The molecule has 0 atom stereocenters. The number of likely N-dealkylation sites (N-methyl/N-ethyl adjacent to an activating group) is 1. The molecule has 0 saturated carbocycles. The minimum atomic E-state index is -0.600. The van der Waals surface area contributed by atoms with Crippen molar-refractivity contribution in [3.05, 3.63) is 35.8 Å². The Morgan fingerprint density at radius 3 is 2.79 bits per heavy atom. The molecule has 0 aliphatic heterocycles. The maximum atomic E-state index is 12.1. The van der Waals surface area contributed by atoms with Crippen LogP contribution in [-0.4, -0.2) is 23.5 Å². The molecule has 0 spiro atoms. The fourth-order valence-corrected chi connectivity index (χ4v) is 2.13. The second kappa shape index (κ2) is 5.50. The second-order valence-electron chi connectivity index (χ2n) is 4.75. The number of aromatic nitrogens is 1. The third-order valence-electron chi connectivity index (χ3n) is 2.99. The van der Waals surface area contributed by atoms with Gasteiger partial charge in [0.25, 0.3) is 0 Å². The quantitative estimate of drug-likeness (QED) is 0.902. The largest absolute Gasteiger partial charge is 0.324 e. The van der Waals surface area contributed by atoms with Crippen molar-refractivity contribution in [1.29, 1.82) is 0 Å². The zero-order valence-corrected chi connectivity index (χ0v) is 12.0. The molecule has 0 bridgehead atoms. The second-order valence-corrected chi connectivity index (χ2v) is 5.64. The van der Waals surface area contributed by atoms with Gasteiger partial charge in [0.1, 0.15) is 5.01 Å². The predicted molar refractivity (Wildman–Crippen MR) is 79.3 cm³/mol. The predicted octanol–water partition coefficient (Wildman–Crippen LogP) is 2.75. The Morgan fingerprint density at radius 2 is 2.16 bits per heavy atom. The number of rotatable bonds is 4. The normalized spacial score (nSPS) is 11.3. The van der Waals surface area contributed by atoms with E-state index in [2.05, 4.69) is 15.6 Å². The first-order chi connectivity index (χ1) is 9.03. The Kier molecular flexibility index (Phi) is 3.97. The first-order valence-corrected chi connectivity index (χ1v) is 6.91. The van der Waals surface area contributed by atoms with Crippen molar-refractivity contribution < 1.29 is 4.79 Å². The highest BCUT2D eigenvalue weighted by Gasteiger charge is 2.25. The van der Waals surface area contributed by atoms with Crippen LogP contribution >= 0.6 is 11.3 Å². The summed E-state index contributed by atoms with van der Waals surface area (Å²) >= 11 is 1.58. The van der Waals surface area contributed by atoms with Gasteiger partial charge in [-0.2, -0.15) is 0 Å². The molecular weight excluding hydrogens is 258 g/mol. The van der Waals surface area contributed by atoms with Gasteiger partial charge in [0.05, 0.1) is 5.54 Å². The lowest BCUT2D eigenvalue weighted by atomic mass is 10.0. The van der Waals surface area contributed by atoms with E-state index < -0.39 is 5.54 Å². The number of amides is 1. The standard InChI is InChI=1S/C14H17N3OS/c1-14(2,15-3)13(18)17-11-6-4-5-10(9-11)12-16-7-8-19-12/h4-9,15H,1-3H3,(H,17,18). The fourth-order valence-electron chi connectivity index (χ4n) is 1.50. The number of benzene rings is 1. The lowest BCUT2D eigenvalue weighted by molar-refractivity contribution is -0.121. The van der Waals surface area contributed by atoms with E-state index in [0.29, 0.717) is 0 Å². The van der Waals surface area contributed by atoms with E-state index in [1.54, 1.807) is 24.6 Å². The van der Waals surface area contributed by atoms with Crippen molar-refractivity contribution in [3.63, 3.8) is 0 Å². The lowest BCUT2D eigenvalue weighted by Crippen LogP contribution is -2.47. The first kappa shape index (κ1) is 13.7. The Bertz CT molecular complexity index is 564. The number of thiazole rings is 1. The van der Waals surface area contributed by atoms with E-state index in [1.807, 2.05) is 43.5 Å². The zero-order valence-electron chi connectivity index (χ0n) is 11.2. The molecule has 1 aromatic carbocycles. The monoisotopic (exact) mass is 275 g/mol. The summed E-state index contributed by atoms with van der Waals surface area (Å²) in [5.74, 6) is -0.0636. The highest BCUT2D eigenvalue weighted by atomic mass is 32.1. The number of hydrogen-bond acceptors (Lipinski definition) is 4. The molecule has 2 aromatic rings. The van der Waals surface area contributed by atoms with Crippen LogP contribution in [0.3, 0.4) is 0 Å². The molecular formula is C14H17N3OS. The molecule has 0 aliphatic carbocycles. The molecule has 0 aliphatic rings. The van der Waals surface area contributed by atoms with E-state index in [1.165, 1.54) is 0 Å². The van der Waals surface area contributed by atoms with Gasteiger partial charge in [-0.25, -0.2) is 4.98 Å². The minimum Gasteiger partial charge on any atom is -0.324 e. The maximum Gasteiger partial charge on any atom is 0.244 e. The Hall–Kier alpha value is -1.72. The molecule has 5 heteroatoms. The molecule has 4 nitrogen and oxygen atoms in total. The highest BCUT2D eigenvalue weighted by molar-refractivity contribution is 7.13. The molecule has 2 N–H and O–H groups in total. The molecule has 0 radical (unpaired) electrons. The minimum absolute atomic E-state index is 0.0636. The summed E-state index contributed by atoms with van der Waals surface area (Å²) in [6, 6.07) is 7.71. The third-order valence-corrected chi connectivity index (χ3v) is 3.81. The number of nitrogens with one attached hydrogen (secondary N) is 2. The summed E-state index contributed by atoms with van der Waals surface area (Å²) in [5, 5.41) is 8.78. The zero-order chi connectivity index (χ0) is 13.9. The van der Waals surface area contributed by atoms with Crippen LogP contribution in [-0.2, 0) is 4.79 Å². The van der Waals surface area contributed by atoms with E-state index in [4.69, 9.17) is 0 Å². The highest BCUT2D eigenvalue weighted by Crippen LogP contribution is 2.24. The molecule has 1 amide bonds. The van der Waals surface area contributed by atoms with Gasteiger partial charge >= 0.3 is 0 Å². The van der Waals surface area contributed by atoms with Crippen LogP contribution in [0.5, 0.6) is 0 Å². The van der Waals surface area contributed by atoms with E-state index in [9.17, 15) is 4.79 Å². The Balaban J connectivity index is 2.19. The molecule has 0 unspecified atom stereocenters. The summed E-state index contributed by atoms with van der Waals surface area (Å²) in [4.78, 5) is 16.3. The molecule has 19 heavy (non-hydrogen) atoms. The van der Waals surface area contributed by atoms with Crippen molar-refractivity contribution in [2.24, 2.45) is 0 Å². The van der Waals surface area contributed by atoms with E-state index in [0.717, 1.165) is 16.3 Å².